The van der Waals surface area contributed by atoms with Gasteiger partial charge in [0.05, 0.1) is 16.6 Å². The van der Waals surface area contributed by atoms with E-state index < -0.39 is 4.75 Å². The third kappa shape index (κ3) is 3.56. The van der Waals surface area contributed by atoms with Crippen LogP contribution in [0.2, 0.25) is 0 Å². The number of thioether (sulfide) groups is 1. The fourth-order valence-electron chi connectivity index (χ4n) is 2.72. The number of allylic oxidation sites excluding steroid dienone is 4. The normalized spacial score (nSPS) is 14.5. The molecule has 0 bridgehead atoms. The van der Waals surface area contributed by atoms with Crippen LogP contribution in [0.5, 0.6) is 0 Å². The standard InChI is InChI=1S/C18H22N4O2S/c1-18(2,16(23)21(3)14-8-6-5-7-9-14)25-17-20-19-15(22(17)4)13-10-11-24-12-13/h5-6,8,10-12H,7,9H2,1-4H3. The minimum Gasteiger partial charge on any atom is -0.472 e. The summed E-state index contributed by atoms with van der Waals surface area (Å²) in [6.07, 6.45) is 11.2. The smallest absolute Gasteiger partial charge is 0.242 e. The van der Waals surface area contributed by atoms with Crippen LogP contribution in [0.25, 0.3) is 11.4 Å². The minimum atomic E-state index is -0.661. The van der Waals surface area contributed by atoms with Crippen LogP contribution in [0.1, 0.15) is 26.7 Å². The number of hydrogen-bond donors (Lipinski definition) is 0. The van der Waals surface area contributed by atoms with Gasteiger partial charge in [0.1, 0.15) is 6.26 Å². The fraction of sp³-hybridized carbons (Fsp3) is 0.389. The summed E-state index contributed by atoms with van der Waals surface area (Å²) in [6, 6.07) is 1.84. The lowest BCUT2D eigenvalue weighted by atomic mass is 10.1. The second-order valence-corrected chi connectivity index (χ2v) is 8.07. The van der Waals surface area contributed by atoms with Gasteiger partial charge in [-0.25, -0.2) is 0 Å². The van der Waals surface area contributed by atoms with Gasteiger partial charge < -0.3 is 13.9 Å². The quantitative estimate of drug-likeness (QED) is 0.764. The largest absolute Gasteiger partial charge is 0.472 e. The van der Waals surface area contributed by atoms with Crippen LogP contribution in [-0.4, -0.2) is 37.4 Å². The molecule has 7 heteroatoms. The Morgan fingerprint density at radius 1 is 1.40 bits per heavy atom. The zero-order chi connectivity index (χ0) is 18.0. The summed E-state index contributed by atoms with van der Waals surface area (Å²) < 4.78 is 6.33. The van der Waals surface area contributed by atoms with Gasteiger partial charge >= 0.3 is 0 Å². The highest BCUT2D eigenvalue weighted by molar-refractivity contribution is 8.01. The van der Waals surface area contributed by atoms with Crippen LogP contribution in [0.4, 0.5) is 0 Å². The van der Waals surface area contributed by atoms with Crippen LogP contribution in [0.3, 0.4) is 0 Å². The molecule has 0 unspecified atom stereocenters. The predicted octanol–water partition coefficient (Wildman–Crippen LogP) is 3.64. The molecule has 0 aromatic carbocycles. The van der Waals surface area contributed by atoms with Gasteiger partial charge in [0.2, 0.25) is 5.91 Å². The summed E-state index contributed by atoms with van der Waals surface area (Å²) in [5, 5.41) is 9.17. The van der Waals surface area contributed by atoms with Gasteiger partial charge in [-0.1, -0.05) is 23.9 Å². The summed E-state index contributed by atoms with van der Waals surface area (Å²) in [5.41, 5.74) is 1.90. The topological polar surface area (TPSA) is 64.2 Å². The molecule has 2 aromatic heterocycles. The Morgan fingerprint density at radius 2 is 2.20 bits per heavy atom. The van der Waals surface area contributed by atoms with Crippen LogP contribution in [0.15, 0.2) is 52.1 Å². The first kappa shape index (κ1) is 17.5. The molecule has 6 nitrogen and oxygen atoms in total. The molecular formula is C18H22N4O2S. The molecule has 0 fully saturated rings. The lowest BCUT2D eigenvalue weighted by molar-refractivity contribution is -0.130. The molecule has 1 aliphatic rings. The maximum absolute atomic E-state index is 13.0. The molecule has 25 heavy (non-hydrogen) atoms. The maximum Gasteiger partial charge on any atom is 0.242 e. The predicted molar refractivity (Wildman–Crippen MR) is 97.9 cm³/mol. The number of aromatic nitrogens is 3. The van der Waals surface area contributed by atoms with E-state index in [0.717, 1.165) is 24.1 Å². The lowest BCUT2D eigenvalue weighted by Crippen LogP contribution is -2.40. The average molecular weight is 358 g/mol. The monoisotopic (exact) mass is 358 g/mol. The van der Waals surface area contributed by atoms with Gasteiger partial charge in [0.25, 0.3) is 0 Å². The second kappa shape index (κ2) is 6.92. The second-order valence-electron chi connectivity index (χ2n) is 6.48. The van der Waals surface area contributed by atoms with Crippen LogP contribution < -0.4 is 0 Å². The fourth-order valence-corrected chi connectivity index (χ4v) is 3.71. The molecule has 0 atom stereocenters. The van der Waals surface area contributed by atoms with E-state index in [2.05, 4.69) is 16.3 Å². The Bertz CT molecular complexity index is 818. The Morgan fingerprint density at radius 3 is 2.84 bits per heavy atom. The van der Waals surface area contributed by atoms with Crippen molar-refractivity contribution >= 4 is 17.7 Å². The molecular weight excluding hydrogens is 336 g/mol. The van der Waals surface area contributed by atoms with E-state index in [4.69, 9.17) is 4.42 Å². The molecule has 0 radical (unpaired) electrons. The van der Waals surface area contributed by atoms with Gasteiger partial charge in [0.15, 0.2) is 11.0 Å². The van der Waals surface area contributed by atoms with Crippen molar-refractivity contribution in [2.24, 2.45) is 7.05 Å². The van der Waals surface area contributed by atoms with Gasteiger partial charge in [-0.05, 0) is 38.8 Å². The molecule has 2 heterocycles. The van der Waals surface area contributed by atoms with Crippen LogP contribution >= 0.6 is 11.8 Å². The highest BCUT2D eigenvalue weighted by Gasteiger charge is 2.35. The summed E-state index contributed by atoms with van der Waals surface area (Å²) in [7, 11) is 3.73. The van der Waals surface area contributed by atoms with Gasteiger partial charge in [-0.15, -0.1) is 10.2 Å². The number of rotatable bonds is 5. The first-order chi connectivity index (χ1) is 11.9. The number of amides is 1. The first-order valence-electron chi connectivity index (χ1n) is 8.15. The van der Waals surface area contributed by atoms with Crippen LogP contribution in [0, 0.1) is 0 Å². The minimum absolute atomic E-state index is 0.0481. The van der Waals surface area contributed by atoms with E-state index >= 15 is 0 Å². The number of carbonyl (C=O) groups excluding carboxylic acids is 1. The van der Waals surface area contributed by atoms with E-state index in [1.807, 2.05) is 50.7 Å². The number of carbonyl (C=O) groups is 1. The van der Waals surface area contributed by atoms with Crippen molar-refractivity contribution in [3.63, 3.8) is 0 Å². The first-order valence-corrected chi connectivity index (χ1v) is 8.96. The molecule has 3 rings (SSSR count). The molecule has 0 spiro atoms. The highest BCUT2D eigenvalue weighted by atomic mass is 32.2. The van der Waals surface area contributed by atoms with Crippen molar-refractivity contribution in [3.05, 3.63) is 42.5 Å². The summed E-state index contributed by atoms with van der Waals surface area (Å²) in [5.74, 6) is 0.764. The summed E-state index contributed by atoms with van der Waals surface area (Å²) in [4.78, 5) is 14.7. The van der Waals surface area contributed by atoms with E-state index in [-0.39, 0.29) is 5.91 Å². The van der Waals surface area contributed by atoms with Gasteiger partial charge in [-0.2, -0.15) is 0 Å². The van der Waals surface area contributed by atoms with Gasteiger partial charge in [-0.3, -0.25) is 4.79 Å². The zero-order valence-corrected chi connectivity index (χ0v) is 15.7. The number of furan rings is 1. The Hall–Kier alpha value is -2.28. The third-order valence-electron chi connectivity index (χ3n) is 4.20. The van der Waals surface area contributed by atoms with E-state index in [1.165, 1.54) is 11.8 Å². The molecule has 1 amide bonds. The lowest BCUT2D eigenvalue weighted by Gasteiger charge is -2.30. The number of nitrogens with zero attached hydrogens (tertiary/aromatic N) is 4. The molecule has 0 aliphatic heterocycles. The Kier molecular flexibility index (Phi) is 4.85. The number of hydrogen-bond acceptors (Lipinski definition) is 5. The Balaban J connectivity index is 1.78. The van der Waals surface area contributed by atoms with Crippen LogP contribution in [-0.2, 0) is 11.8 Å². The van der Waals surface area contributed by atoms with Crippen molar-refractivity contribution in [2.75, 3.05) is 7.05 Å². The summed E-state index contributed by atoms with van der Waals surface area (Å²) in [6.45, 7) is 3.84. The van der Waals surface area contributed by atoms with E-state index in [0.29, 0.717) is 11.0 Å². The molecule has 0 saturated heterocycles. The van der Waals surface area contributed by atoms with Crippen molar-refractivity contribution < 1.29 is 9.21 Å². The summed E-state index contributed by atoms with van der Waals surface area (Å²) >= 11 is 1.41. The van der Waals surface area contributed by atoms with Gasteiger partial charge in [0, 0.05) is 19.8 Å². The SMILES string of the molecule is CN(C(=O)C(C)(C)Sc1nnc(-c2ccoc2)n1C)C1=CC=CCC1. The third-order valence-corrected chi connectivity index (χ3v) is 5.43. The molecule has 132 valence electrons. The van der Waals surface area contributed by atoms with Crippen molar-refractivity contribution in [3.8, 4) is 11.4 Å². The highest BCUT2D eigenvalue weighted by Crippen LogP contribution is 2.35. The Labute approximate surface area is 151 Å². The maximum atomic E-state index is 13.0. The zero-order valence-electron chi connectivity index (χ0n) is 14.9. The molecule has 0 saturated carbocycles. The molecule has 1 aliphatic carbocycles. The average Bonchev–Trinajstić information content (AvgIpc) is 3.25. The van der Waals surface area contributed by atoms with E-state index in [1.54, 1.807) is 17.4 Å². The van der Waals surface area contributed by atoms with Crippen molar-refractivity contribution in [1.82, 2.24) is 19.7 Å². The molecule has 0 N–H and O–H groups in total. The van der Waals surface area contributed by atoms with E-state index in [9.17, 15) is 4.79 Å². The van der Waals surface area contributed by atoms with Crippen molar-refractivity contribution in [1.29, 1.82) is 0 Å². The van der Waals surface area contributed by atoms with Crippen molar-refractivity contribution in [2.45, 2.75) is 36.6 Å². The molecule has 2 aromatic rings.